The van der Waals surface area contributed by atoms with Crippen LogP contribution in [0.1, 0.15) is 143 Å². The van der Waals surface area contributed by atoms with Gasteiger partial charge in [-0.1, -0.05) is 131 Å². The minimum atomic E-state index is -1.23. The number of alkyl halides is 3. The minimum Gasteiger partial charge on any atom is -1.00 e. The van der Waals surface area contributed by atoms with Crippen LogP contribution in [0.2, 0.25) is 0 Å². The van der Waals surface area contributed by atoms with E-state index in [0.29, 0.717) is 37.3 Å². The van der Waals surface area contributed by atoms with Crippen LogP contribution in [0.3, 0.4) is 0 Å². The Labute approximate surface area is 899 Å². The van der Waals surface area contributed by atoms with Crippen molar-refractivity contribution >= 4 is 113 Å². The van der Waals surface area contributed by atoms with E-state index in [1.54, 1.807) is 61.5 Å². The molecule has 2 unspecified atom stereocenters. The first-order valence-corrected chi connectivity index (χ1v) is 45.3. The van der Waals surface area contributed by atoms with E-state index in [9.17, 15) is 46.3 Å². The Morgan fingerprint density at radius 1 is 0.636 bits per heavy atom. The molecule has 1 saturated carbocycles. The van der Waals surface area contributed by atoms with Gasteiger partial charge in [-0.05, 0) is 206 Å². The topological polar surface area (TPSA) is 354 Å². The number of aromatic nitrogens is 4. The molecule has 0 spiro atoms. The number of terminal acetylenes is 3. The van der Waals surface area contributed by atoms with E-state index >= 15 is 0 Å². The van der Waals surface area contributed by atoms with Gasteiger partial charge in [-0.2, -0.15) is 0 Å². The number of nitrogens with zero attached hydrogens (tertiary/aromatic N) is 9. The van der Waals surface area contributed by atoms with E-state index in [4.69, 9.17) is 91.8 Å². The Balaban J connectivity index is -0.000000292. The van der Waals surface area contributed by atoms with Gasteiger partial charge in [-0.15, -0.1) is 61.9 Å². The van der Waals surface area contributed by atoms with Crippen molar-refractivity contribution in [2.75, 3.05) is 79.6 Å². The minimum absolute atomic E-state index is 0. The van der Waals surface area contributed by atoms with Gasteiger partial charge < -0.3 is 93.3 Å². The maximum atomic E-state index is 14.1. The third kappa shape index (κ3) is 68.6. The van der Waals surface area contributed by atoms with Gasteiger partial charge in [0.15, 0.2) is 11.6 Å². The second-order valence-electron chi connectivity index (χ2n) is 29.5. The number of halogens is 9. The van der Waals surface area contributed by atoms with Crippen LogP contribution in [0.25, 0.3) is 11.4 Å². The fourth-order valence-electron chi connectivity index (χ4n) is 10.7. The number of ether oxygens (including phenoxy) is 7. The van der Waals surface area contributed by atoms with Crippen LogP contribution in [-0.2, 0) is 53.2 Å². The number of aromatic carboxylic acids is 1. The number of pyridine rings is 2. The summed E-state index contributed by atoms with van der Waals surface area (Å²) in [6, 6.07) is 29.1. The molecule has 8 atom stereocenters. The number of benzene rings is 3. The summed E-state index contributed by atoms with van der Waals surface area (Å²) in [5.41, 5.74) is 6.85. The molecule has 6 heterocycles. The standard InChI is InChI=1S/C18H25FN2O4.C17H13FN4O4.C13H17FN2O2.C11H20FNO2.C10H2.C9H4.C8H7ClO2.C6H15N.C5H10ClN2.CH2O3.3ClH.2Na.H4P2.H/c1-18(2,3)25-16(22)20-15-11-21(10-9-14(15)19)17(23)24-12-13-7-5-4-6-8-13;1-2-25-14-4-12(18)8-22-16(14)26-13-3-10(5-19-9-13)15-20-6-11(7-21-15)17(23)24;14-11-6-7-16(8-12(11)15)13(17)18-9-10-4-2-1-3-5-10;1-11(2,3)15-10(14)13-9-7-5-4-6-8(9)12;1-3-5-7-9-10-8-6-4-2;1-3-5-7-9-8-6-4-2;9-8(10)11-6-7-4-2-1-3-5-7;1-4-7(5-2)6-3;1-7-3-4-8(2)5(7)6;2-1-4-3;;;;;;1-2;/h4-8,14-15H,9-12H2,1-3H3,(H,20,22);3-9H,2H2,1H3,(H,23,24);1-5,11-12H,6-9,15H2;8-9H,4-7H2,1-3H3,(H,13,14);1-2H;1H,2H3;1-5H,6H2;4-6H2,1-3H3;3-4H2,1-2H3;1,3H;3*1H;;;1-2H2;/q;;;;;;;;+1;;;;;2*+1;;-1/p-2/t14-,15+;;11-,12+;8-,9+;;;;;;;;;;;;;/m0.00............./s1. The Kier molecular flexibility index (Phi) is 85.5. The fourth-order valence-corrected chi connectivity index (χ4v) is 10.9. The zero-order valence-electron chi connectivity index (χ0n) is 82.1. The molecule has 4 amide bonds. The number of alkyl carbamates (subject to hydrolysis) is 2. The molecule has 10 rings (SSSR count). The largest absolute Gasteiger partial charge is 1.00 e. The molecule has 5 N–H and O–H groups in total. The number of rotatable bonds is 18. The summed E-state index contributed by atoms with van der Waals surface area (Å²) >= 11 is 10.7. The van der Waals surface area contributed by atoms with Gasteiger partial charge in [0.05, 0.1) is 56.8 Å². The quantitative estimate of drug-likeness (QED) is 0.00590. The maximum absolute atomic E-state index is 14.1. The number of amidine groups is 1. The van der Waals surface area contributed by atoms with E-state index < -0.39 is 83.4 Å². The molecule has 0 radical (unpaired) electrons. The number of likely N-dealkylation sites (tertiary alicyclic amines) is 2. The van der Waals surface area contributed by atoms with Crippen molar-refractivity contribution in [3.63, 3.8) is 0 Å². The summed E-state index contributed by atoms with van der Waals surface area (Å²) in [4.78, 5) is 103. The normalized spacial score (nSPS) is 14.7. The molecule has 4 aliphatic rings. The Morgan fingerprint density at radius 3 is 1.43 bits per heavy atom. The number of carbonyl (C=O) groups is 7. The molecule has 1 aliphatic carbocycles. The Bertz CT molecular complexity index is 5130. The average Bonchev–Trinajstić information content (AvgIpc) is 1.38. The van der Waals surface area contributed by atoms with Crippen LogP contribution in [0.4, 0.5) is 41.5 Å². The first-order chi connectivity index (χ1) is 64.4. The van der Waals surface area contributed by atoms with Crippen molar-refractivity contribution in [2.24, 2.45) is 5.73 Å². The van der Waals surface area contributed by atoms with Gasteiger partial charge in [0.25, 0.3) is 12.4 Å². The molecule has 6 aromatic rings. The van der Waals surface area contributed by atoms with Gasteiger partial charge in [0, 0.05) is 79.6 Å². The predicted molar refractivity (Wildman–Crippen MR) is 532 cm³/mol. The number of carboxylic acid groups (broad SMARTS) is 1. The monoisotopic (exact) mass is 2100 g/mol. The number of hydrogen-bond acceptors (Lipinski definition) is 23. The summed E-state index contributed by atoms with van der Waals surface area (Å²) in [6.07, 6.45) is 19.0. The van der Waals surface area contributed by atoms with E-state index in [2.05, 4.69) is 173 Å². The van der Waals surface area contributed by atoms with Crippen molar-refractivity contribution in [1.82, 2.24) is 50.2 Å². The number of amides is 4. The number of piperidine rings is 2. The van der Waals surface area contributed by atoms with Gasteiger partial charge >= 0.3 is 100 Å². The van der Waals surface area contributed by atoms with Crippen LogP contribution < -0.4 is 103 Å². The summed E-state index contributed by atoms with van der Waals surface area (Å²) in [5.74, 6) is 34.6. The van der Waals surface area contributed by atoms with Crippen molar-refractivity contribution < 1.29 is 177 Å². The second-order valence-corrected chi connectivity index (χ2v) is 30.2. The first-order valence-electron chi connectivity index (χ1n) is 41.9. The van der Waals surface area contributed by atoms with E-state index in [1.165, 1.54) is 60.3 Å². The average molecular weight is 2100 g/mol. The first kappa shape index (κ1) is 140. The zero-order valence-corrected chi connectivity index (χ0v) is 91.3. The van der Waals surface area contributed by atoms with Crippen LogP contribution >= 0.6 is 65.9 Å². The van der Waals surface area contributed by atoms with Crippen molar-refractivity contribution in [3.8, 4) is 137 Å². The summed E-state index contributed by atoms with van der Waals surface area (Å²) in [7, 11) is 8.65. The SMILES string of the molecule is C#CC#CC#CC#CC.C#CC#CC#CC#CC#C.CC(C)(C)OC(=O)N[C@@H]1CCCC[C@@H]1F.CC(C)(C)OC(=O)N[C@@H]1CN(C(=O)OCc2ccccc2)CC[C@@H]1F.CCN(CC)CC.CCOc1cc(F)cnc1Oc1cncc(-c2ncc(C(=O)O)cn2)c1.CN1CC[N+](C)=C1Cl.Cl.Cl.N[C@@H]1CN(C(=O)OCc2ccccc2)CC[C@@H]1F.O=C(Cl)OCc1ccccc1.O=CO[O-].PP.[Cl-].[H-].[Na+].[Na+]. The number of hydrogen-bond donors (Lipinski definition) is 4. The number of carboxylic acids is 1. The number of likely N-dealkylation sites (N-methyl/N-ethyl adjacent to an activating group) is 2. The molecular formula is C98H121Cl5F4N12Na2O17P2. The molecule has 140 heavy (non-hydrogen) atoms. The Hall–Kier alpha value is -10.5. The molecule has 3 aromatic carbocycles. The Morgan fingerprint density at radius 2 is 1.06 bits per heavy atom. The molecule has 3 aromatic heterocycles. The molecule has 42 heteroatoms. The third-order valence-electron chi connectivity index (χ3n) is 17.2. The number of carbonyl (C=O) groups excluding carboxylic acids is 6. The van der Waals surface area contributed by atoms with Crippen LogP contribution in [0.5, 0.6) is 17.4 Å². The smallest absolute Gasteiger partial charge is 1.00 e. The van der Waals surface area contributed by atoms with Gasteiger partial charge in [0.2, 0.25) is 0 Å². The third-order valence-corrected chi connectivity index (χ3v) is 17.8. The van der Waals surface area contributed by atoms with Gasteiger partial charge in [0.1, 0.15) is 74.2 Å². The van der Waals surface area contributed by atoms with E-state index in [1.807, 2.05) is 115 Å². The fraction of sp³-hybridized carbons (Fsp3) is 0.408. The van der Waals surface area contributed by atoms with Crippen molar-refractivity contribution in [2.45, 2.75) is 182 Å². The number of nitrogens with one attached hydrogen (secondary N) is 2. The predicted octanol–water partition coefficient (Wildman–Crippen LogP) is 6.75. The van der Waals surface area contributed by atoms with E-state index in [0.717, 1.165) is 54.1 Å². The summed E-state index contributed by atoms with van der Waals surface area (Å²) in [5, 5.41) is 23.3. The zero-order chi connectivity index (χ0) is 101. The van der Waals surface area contributed by atoms with Crippen LogP contribution in [-0.4, -0.2) is 224 Å². The van der Waals surface area contributed by atoms with Crippen molar-refractivity contribution in [1.29, 1.82) is 0 Å². The molecule has 3 aliphatic heterocycles. The van der Waals surface area contributed by atoms with Gasteiger partial charge in [-0.25, -0.2) is 61.3 Å². The molecule has 750 valence electrons. The summed E-state index contributed by atoms with van der Waals surface area (Å²) < 4.78 is 92.1. The van der Waals surface area contributed by atoms with Crippen LogP contribution in [0.15, 0.2) is 134 Å². The van der Waals surface area contributed by atoms with E-state index in [-0.39, 0.29) is 186 Å². The number of nitrogens with two attached hydrogens (primary N) is 1. The summed E-state index contributed by atoms with van der Waals surface area (Å²) in [6.45, 7) is 27.9. The molecule has 3 fully saturated rings. The van der Waals surface area contributed by atoms with Crippen molar-refractivity contribution in [3.05, 3.63) is 162 Å². The molecule has 29 nitrogen and oxygen atoms in total. The van der Waals surface area contributed by atoms with Crippen LogP contribution in [0, 0.1) is 114 Å². The molecule has 0 bridgehead atoms. The molecule has 2 saturated heterocycles. The molecular weight excluding hydrogens is 1980 g/mol. The second kappa shape index (κ2) is 85.3. The maximum Gasteiger partial charge on any atom is 1.00 e. The van der Waals surface area contributed by atoms with Gasteiger partial charge in [-0.3, -0.25) is 19.3 Å².